The first kappa shape index (κ1) is 11.5. The van der Waals surface area contributed by atoms with E-state index in [1.54, 1.807) is 12.2 Å². The maximum Gasteiger partial charge on any atom is 0.405 e. The number of rotatable bonds is 2. The van der Waals surface area contributed by atoms with Gasteiger partial charge in [-0.05, 0) is 19.1 Å². The number of halogens is 3. The summed E-state index contributed by atoms with van der Waals surface area (Å²) in [6.45, 7) is 0.327. The van der Waals surface area contributed by atoms with E-state index in [-0.39, 0.29) is 5.56 Å². The summed E-state index contributed by atoms with van der Waals surface area (Å²) in [5.74, 6) is -0.752. The molecule has 0 aliphatic rings. The third kappa shape index (κ3) is 3.97. The zero-order valence-corrected chi connectivity index (χ0v) is 7.93. The Morgan fingerprint density at radius 2 is 2.20 bits per heavy atom. The minimum atomic E-state index is -4.39. The molecule has 0 unspecified atom stereocenters. The number of aryl methyl sites for hydroxylation is 1. The summed E-state index contributed by atoms with van der Waals surface area (Å²) in [7, 11) is 0. The molecule has 6 heteroatoms. The molecular formula is C9H9F3N2O. The van der Waals surface area contributed by atoms with Crippen LogP contribution in [0.3, 0.4) is 0 Å². The van der Waals surface area contributed by atoms with Crippen molar-refractivity contribution in [2.24, 2.45) is 0 Å². The van der Waals surface area contributed by atoms with Crippen molar-refractivity contribution >= 4 is 5.91 Å². The molecule has 0 fully saturated rings. The van der Waals surface area contributed by atoms with Crippen molar-refractivity contribution in [3.8, 4) is 0 Å². The number of hydrogen-bond donors (Lipinski definition) is 1. The lowest BCUT2D eigenvalue weighted by atomic mass is 10.2. The van der Waals surface area contributed by atoms with Gasteiger partial charge in [0.2, 0.25) is 0 Å². The van der Waals surface area contributed by atoms with E-state index in [0.717, 1.165) is 0 Å². The molecule has 1 aromatic heterocycles. The van der Waals surface area contributed by atoms with E-state index < -0.39 is 18.6 Å². The fraction of sp³-hybridized carbons (Fsp3) is 0.333. The summed E-state index contributed by atoms with van der Waals surface area (Å²) in [5.41, 5.74) is 0.751. The molecule has 0 saturated heterocycles. The predicted octanol–water partition coefficient (Wildman–Crippen LogP) is 1.68. The Hall–Kier alpha value is -1.59. The van der Waals surface area contributed by atoms with E-state index >= 15 is 0 Å². The van der Waals surface area contributed by atoms with Crippen LogP contribution in [0.2, 0.25) is 0 Å². The lowest BCUT2D eigenvalue weighted by Gasteiger charge is -2.08. The topological polar surface area (TPSA) is 42.0 Å². The minimum Gasteiger partial charge on any atom is -0.343 e. The van der Waals surface area contributed by atoms with Crippen LogP contribution in [-0.2, 0) is 0 Å². The van der Waals surface area contributed by atoms with E-state index in [9.17, 15) is 18.0 Å². The Morgan fingerprint density at radius 1 is 1.53 bits per heavy atom. The Labute approximate surface area is 84.3 Å². The normalized spacial score (nSPS) is 11.2. The van der Waals surface area contributed by atoms with Crippen molar-refractivity contribution in [1.82, 2.24) is 10.3 Å². The van der Waals surface area contributed by atoms with Crippen molar-refractivity contribution in [2.45, 2.75) is 13.1 Å². The largest absolute Gasteiger partial charge is 0.405 e. The van der Waals surface area contributed by atoms with Crippen LogP contribution < -0.4 is 5.32 Å². The fourth-order valence-corrected chi connectivity index (χ4v) is 0.969. The number of nitrogens with zero attached hydrogens (tertiary/aromatic N) is 1. The second-order valence-electron chi connectivity index (χ2n) is 2.98. The SMILES string of the molecule is Cc1cc(C(=O)NCC(F)(F)F)ccn1. The van der Waals surface area contributed by atoms with Crippen molar-refractivity contribution in [1.29, 1.82) is 0 Å². The standard InChI is InChI=1S/C9H9F3N2O/c1-6-4-7(2-3-13-6)8(15)14-5-9(10,11)12/h2-4H,5H2,1H3,(H,14,15). The molecule has 0 spiro atoms. The van der Waals surface area contributed by atoms with E-state index in [1.165, 1.54) is 18.3 Å². The molecule has 1 amide bonds. The molecule has 1 rings (SSSR count). The van der Waals surface area contributed by atoms with Crippen LogP contribution in [0.25, 0.3) is 0 Å². The first-order chi connectivity index (χ1) is 6.88. The molecule has 15 heavy (non-hydrogen) atoms. The molecule has 0 bridgehead atoms. The first-order valence-electron chi connectivity index (χ1n) is 4.16. The van der Waals surface area contributed by atoms with E-state index in [4.69, 9.17) is 0 Å². The van der Waals surface area contributed by atoms with Gasteiger partial charge >= 0.3 is 6.18 Å². The van der Waals surface area contributed by atoms with Gasteiger partial charge in [0.25, 0.3) is 5.91 Å². The number of nitrogens with one attached hydrogen (secondary N) is 1. The van der Waals surface area contributed by atoms with Crippen molar-refractivity contribution in [3.05, 3.63) is 29.6 Å². The number of pyridine rings is 1. The maximum absolute atomic E-state index is 11.8. The molecule has 1 aromatic rings. The molecular weight excluding hydrogens is 209 g/mol. The number of carbonyl (C=O) groups is 1. The zero-order chi connectivity index (χ0) is 11.5. The molecule has 1 N–H and O–H groups in total. The summed E-state index contributed by atoms with van der Waals surface area (Å²) < 4.78 is 35.4. The van der Waals surface area contributed by atoms with Crippen LogP contribution in [0.15, 0.2) is 18.3 Å². The Morgan fingerprint density at radius 3 is 2.73 bits per heavy atom. The van der Waals surface area contributed by atoms with Gasteiger partial charge < -0.3 is 5.32 Å². The third-order valence-corrected chi connectivity index (χ3v) is 1.61. The highest BCUT2D eigenvalue weighted by molar-refractivity contribution is 5.94. The molecule has 0 radical (unpaired) electrons. The van der Waals surface area contributed by atoms with Gasteiger partial charge in [0.15, 0.2) is 0 Å². The second-order valence-corrected chi connectivity index (χ2v) is 2.98. The van der Waals surface area contributed by atoms with Gasteiger partial charge in [-0.2, -0.15) is 13.2 Å². The quantitative estimate of drug-likeness (QED) is 0.820. The highest BCUT2D eigenvalue weighted by Crippen LogP contribution is 2.12. The van der Waals surface area contributed by atoms with Gasteiger partial charge in [-0.25, -0.2) is 0 Å². The van der Waals surface area contributed by atoms with Crippen LogP contribution in [0.5, 0.6) is 0 Å². The number of aromatic nitrogens is 1. The molecule has 0 saturated carbocycles. The lowest BCUT2D eigenvalue weighted by Crippen LogP contribution is -2.33. The fourth-order valence-electron chi connectivity index (χ4n) is 0.969. The van der Waals surface area contributed by atoms with E-state index in [0.29, 0.717) is 5.69 Å². The Kier molecular flexibility index (Phi) is 3.28. The molecule has 0 atom stereocenters. The highest BCUT2D eigenvalue weighted by Gasteiger charge is 2.27. The average Bonchev–Trinajstić information content (AvgIpc) is 2.13. The van der Waals surface area contributed by atoms with E-state index in [1.807, 2.05) is 0 Å². The number of alkyl halides is 3. The van der Waals surface area contributed by atoms with Gasteiger partial charge in [-0.3, -0.25) is 9.78 Å². The zero-order valence-electron chi connectivity index (χ0n) is 7.93. The van der Waals surface area contributed by atoms with Crippen LogP contribution >= 0.6 is 0 Å². The lowest BCUT2D eigenvalue weighted by molar-refractivity contribution is -0.123. The first-order valence-corrected chi connectivity index (χ1v) is 4.16. The second kappa shape index (κ2) is 4.29. The van der Waals surface area contributed by atoms with Gasteiger partial charge in [0.05, 0.1) is 0 Å². The summed E-state index contributed by atoms with van der Waals surface area (Å²) >= 11 is 0. The molecule has 0 aliphatic heterocycles. The van der Waals surface area contributed by atoms with Crippen LogP contribution in [0.4, 0.5) is 13.2 Å². The molecule has 82 valence electrons. The molecule has 0 aromatic carbocycles. The highest BCUT2D eigenvalue weighted by atomic mass is 19.4. The monoisotopic (exact) mass is 218 g/mol. The summed E-state index contributed by atoms with van der Waals surface area (Å²) in [6.07, 6.45) is -3.02. The van der Waals surface area contributed by atoms with Gasteiger partial charge in [-0.1, -0.05) is 0 Å². The van der Waals surface area contributed by atoms with E-state index in [2.05, 4.69) is 4.98 Å². The summed E-state index contributed by atoms with van der Waals surface area (Å²) in [6, 6.07) is 2.78. The average molecular weight is 218 g/mol. The number of hydrogen-bond acceptors (Lipinski definition) is 2. The Balaban J connectivity index is 2.62. The predicted molar refractivity (Wildman–Crippen MR) is 47.4 cm³/mol. The van der Waals surface area contributed by atoms with Crippen molar-refractivity contribution in [2.75, 3.05) is 6.54 Å². The Bertz CT molecular complexity index is 363. The summed E-state index contributed by atoms with van der Waals surface area (Å²) in [5, 5.41) is 1.77. The molecule has 3 nitrogen and oxygen atoms in total. The third-order valence-electron chi connectivity index (χ3n) is 1.61. The van der Waals surface area contributed by atoms with Gasteiger partial charge in [-0.15, -0.1) is 0 Å². The minimum absolute atomic E-state index is 0.173. The smallest absolute Gasteiger partial charge is 0.343 e. The number of carbonyl (C=O) groups excluding carboxylic acids is 1. The number of amides is 1. The molecule has 1 heterocycles. The van der Waals surface area contributed by atoms with Crippen molar-refractivity contribution in [3.63, 3.8) is 0 Å². The van der Waals surface area contributed by atoms with Crippen LogP contribution in [-0.4, -0.2) is 23.6 Å². The van der Waals surface area contributed by atoms with Crippen LogP contribution in [0, 0.1) is 6.92 Å². The van der Waals surface area contributed by atoms with Crippen molar-refractivity contribution < 1.29 is 18.0 Å². The van der Waals surface area contributed by atoms with Crippen LogP contribution in [0.1, 0.15) is 16.1 Å². The van der Waals surface area contributed by atoms with Gasteiger partial charge in [0.1, 0.15) is 6.54 Å². The molecule has 0 aliphatic carbocycles. The maximum atomic E-state index is 11.8. The van der Waals surface area contributed by atoms with Gasteiger partial charge in [0, 0.05) is 17.5 Å². The summed E-state index contributed by atoms with van der Waals surface area (Å²) in [4.78, 5) is 15.0.